The molecular weight excluding hydrogens is 707 g/mol. The molecule has 0 aliphatic heterocycles. The summed E-state index contributed by atoms with van der Waals surface area (Å²) in [5.41, 5.74) is 15.3. The van der Waals surface area contributed by atoms with Crippen molar-refractivity contribution in [1.82, 2.24) is 0 Å². The molecular formula is C55H35NO2. The second-order valence-corrected chi connectivity index (χ2v) is 15.2. The molecule has 0 N–H and O–H groups in total. The summed E-state index contributed by atoms with van der Waals surface area (Å²) in [6, 6.07) is 76.1. The van der Waals surface area contributed by atoms with Crippen LogP contribution in [0.15, 0.2) is 221 Å². The molecule has 58 heavy (non-hydrogen) atoms. The Morgan fingerprint density at radius 2 is 0.879 bits per heavy atom. The highest BCUT2D eigenvalue weighted by molar-refractivity contribution is 6.12. The number of benzene rings is 9. The van der Waals surface area contributed by atoms with Gasteiger partial charge in [-0.15, -0.1) is 0 Å². The molecule has 0 saturated carbocycles. The highest BCUT2D eigenvalue weighted by Gasteiger charge is 2.48. The SMILES string of the molecule is c1ccc(-c2ccc(N(c3cc(C4(c5ccccc5)c5ccccc5-c5ccccc54)c4oc5ccccc5c4c3)c3cccc4c3oc3ccccc34)cc2)cc1. The molecule has 0 unspecified atom stereocenters. The number of rotatable bonds is 6. The zero-order chi connectivity index (χ0) is 38.2. The summed E-state index contributed by atoms with van der Waals surface area (Å²) in [5.74, 6) is 0. The van der Waals surface area contributed by atoms with Crippen molar-refractivity contribution < 1.29 is 8.83 Å². The van der Waals surface area contributed by atoms with Crippen molar-refractivity contribution in [3.63, 3.8) is 0 Å². The van der Waals surface area contributed by atoms with E-state index in [9.17, 15) is 0 Å². The molecule has 2 aromatic heterocycles. The second-order valence-electron chi connectivity index (χ2n) is 15.2. The topological polar surface area (TPSA) is 29.5 Å². The zero-order valence-electron chi connectivity index (χ0n) is 31.5. The van der Waals surface area contributed by atoms with E-state index < -0.39 is 5.41 Å². The summed E-state index contributed by atoms with van der Waals surface area (Å²) in [5, 5.41) is 4.30. The van der Waals surface area contributed by atoms with Crippen molar-refractivity contribution >= 4 is 60.9 Å². The third kappa shape index (κ3) is 4.68. The summed E-state index contributed by atoms with van der Waals surface area (Å²) >= 11 is 0. The summed E-state index contributed by atoms with van der Waals surface area (Å²) in [6.45, 7) is 0. The molecule has 272 valence electrons. The van der Waals surface area contributed by atoms with E-state index in [1.165, 1.54) is 33.4 Å². The molecule has 12 rings (SSSR count). The average Bonchev–Trinajstić information content (AvgIpc) is 3.96. The molecule has 0 fully saturated rings. The molecule has 0 atom stereocenters. The predicted molar refractivity (Wildman–Crippen MR) is 238 cm³/mol. The van der Waals surface area contributed by atoms with Gasteiger partial charge in [-0.1, -0.05) is 170 Å². The van der Waals surface area contributed by atoms with Crippen molar-refractivity contribution in [2.75, 3.05) is 4.90 Å². The van der Waals surface area contributed by atoms with Crippen molar-refractivity contribution in [3.8, 4) is 22.3 Å². The molecule has 3 nitrogen and oxygen atoms in total. The Morgan fingerprint density at radius 1 is 0.345 bits per heavy atom. The Hall–Kier alpha value is -7.62. The number of hydrogen-bond donors (Lipinski definition) is 0. The first-order valence-electron chi connectivity index (χ1n) is 19.8. The fraction of sp³-hybridized carbons (Fsp3) is 0.0182. The molecule has 2 heterocycles. The Balaban J connectivity index is 1.22. The predicted octanol–water partition coefficient (Wildman–Crippen LogP) is 15.0. The third-order valence-electron chi connectivity index (χ3n) is 12.1. The van der Waals surface area contributed by atoms with Crippen molar-refractivity contribution in [2.24, 2.45) is 0 Å². The van der Waals surface area contributed by atoms with Gasteiger partial charge in [-0.3, -0.25) is 0 Å². The quantitative estimate of drug-likeness (QED) is 0.170. The van der Waals surface area contributed by atoms with Gasteiger partial charge < -0.3 is 13.7 Å². The molecule has 0 bridgehead atoms. The molecule has 1 aliphatic rings. The van der Waals surface area contributed by atoms with E-state index in [0.29, 0.717) is 0 Å². The van der Waals surface area contributed by atoms with Crippen molar-refractivity contribution in [3.05, 3.63) is 235 Å². The Labute approximate surface area is 335 Å². The minimum absolute atomic E-state index is 0.690. The van der Waals surface area contributed by atoms with Gasteiger partial charge in [-0.25, -0.2) is 0 Å². The van der Waals surface area contributed by atoms with Gasteiger partial charge in [0.1, 0.15) is 16.7 Å². The first-order valence-corrected chi connectivity index (χ1v) is 19.8. The van der Waals surface area contributed by atoms with Crippen LogP contribution in [0.5, 0.6) is 0 Å². The number of furan rings is 2. The first kappa shape index (κ1) is 32.6. The fourth-order valence-corrected chi connectivity index (χ4v) is 9.67. The summed E-state index contributed by atoms with van der Waals surface area (Å²) in [4.78, 5) is 2.37. The van der Waals surface area contributed by atoms with E-state index >= 15 is 0 Å². The van der Waals surface area contributed by atoms with E-state index in [1.54, 1.807) is 0 Å². The normalized spacial score (nSPS) is 13.0. The Bertz CT molecular complexity index is 3290. The zero-order valence-corrected chi connectivity index (χ0v) is 31.5. The molecule has 11 aromatic rings. The van der Waals surface area contributed by atoms with E-state index in [4.69, 9.17) is 8.83 Å². The fourth-order valence-electron chi connectivity index (χ4n) is 9.67. The van der Waals surface area contributed by atoms with Gasteiger partial charge in [0.2, 0.25) is 0 Å². The smallest absolute Gasteiger partial charge is 0.159 e. The minimum Gasteiger partial charge on any atom is -0.456 e. The van der Waals surface area contributed by atoms with Crippen LogP contribution in [-0.4, -0.2) is 0 Å². The largest absolute Gasteiger partial charge is 0.456 e. The maximum absolute atomic E-state index is 7.06. The molecule has 0 amide bonds. The van der Waals surface area contributed by atoms with Crippen LogP contribution in [0.1, 0.15) is 22.3 Å². The van der Waals surface area contributed by atoms with Gasteiger partial charge in [0.15, 0.2) is 5.58 Å². The molecule has 0 spiro atoms. The summed E-state index contributed by atoms with van der Waals surface area (Å²) in [6.07, 6.45) is 0. The maximum atomic E-state index is 7.06. The van der Waals surface area contributed by atoms with Crippen LogP contribution in [0.2, 0.25) is 0 Å². The van der Waals surface area contributed by atoms with Crippen LogP contribution in [0.4, 0.5) is 17.1 Å². The molecule has 3 heteroatoms. The maximum Gasteiger partial charge on any atom is 0.159 e. The van der Waals surface area contributed by atoms with E-state index in [1.807, 2.05) is 6.07 Å². The second kappa shape index (κ2) is 12.7. The van der Waals surface area contributed by atoms with Gasteiger partial charge >= 0.3 is 0 Å². The number of hydrogen-bond acceptors (Lipinski definition) is 3. The van der Waals surface area contributed by atoms with Crippen LogP contribution in [0.3, 0.4) is 0 Å². The van der Waals surface area contributed by atoms with Crippen molar-refractivity contribution in [2.45, 2.75) is 5.41 Å². The Morgan fingerprint density at radius 3 is 1.57 bits per heavy atom. The lowest BCUT2D eigenvalue weighted by molar-refractivity contribution is 0.648. The van der Waals surface area contributed by atoms with Gasteiger partial charge in [0.25, 0.3) is 0 Å². The Kier molecular flexibility index (Phi) is 7.14. The van der Waals surface area contributed by atoms with Gasteiger partial charge in [-0.05, 0) is 81.4 Å². The molecule has 1 aliphatic carbocycles. The van der Waals surface area contributed by atoms with Crippen LogP contribution in [0, 0.1) is 0 Å². The molecule has 0 saturated heterocycles. The lowest BCUT2D eigenvalue weighted by Crippen LogP contribution is -2.29. The van der Waals surface area contributed by atoms with Gasteiger partial charge in [0, 0.05) is 38.5 Å². The van der Waals surface area contributed by atoms with Gasteiger partial charge in [-0.2, -0.15) is 0 Å². The first-order chi connectivity index (χ1) is 28.8. The number of fused-ring (bicyclic) bond motifs is 9. The van der Waals surface area contributed by atoms with E-state index in [0.717, 1.165) is 72.1 Å². The number of para-hydroxylation sites is 3. The summed E-state index contributed by atoms with van der Waals surface area (Å²) < 4.78 is 13.9. The minimum atomic E-state index is -0.690. The summed E-state index contributed by atoms with van der Waals surface area (Å²) in [7, 11) is 0. The van der Waals surface area contributed by atoms with E-state index in [-0.39, 0.29) is 0 Å². The van der Waals surface area contributed by atoms with Crippen LogP contribution in [-0.2, 0) is 5.41 Å². The highest BCUT2D eigenvalue weighted by atomic mass is 16.3. The standard InChI is InChI=1S/C55H35NO2/c1-3-16-36(17-4-1)37-30-32-39(33-31-37)56(50-27-15-24-45-43-22-9-13-28-51(43)58-54(45)50)40-34-46-44-23-10-14-29-52(44)57-53(46)49(35-40)55(38-18-5-2-6-19-38)47-25-11-7-20-41(47)42-21-8-12-26-48(42)55/h1-35H. The lowest BCUT2D eigenvalue weighted by atomic mass is 9.67. The van der Waals surface area contributed by atoms with Gasteiger partial charge in [0.05, 0.1) is 11.1 Å². The van der Waals surface area contributed by atoms with E-state index in [2.05, 4.69) is 211 Å². The monoisotopic (exact) mass is 741 g/mol. The van der Waals surface area contributed by atoms with Crippen LogP contribution < -0.4 is 4.90 Å². The number of anilines is 3. The third-order valence-corrected chi connectivity index (χ3v) is 12.1. The average molecular weight is 742 g/mol. The number of nitrogens with zero attached hydrogens (tertiary/aromatic N) is 1. The lowest BCUT2D eigenvalue weighted by Gasteiger charge is -2.35. The van der Waals surface area contributed by atoms with Crippen LogP contribution in [0.25, 0.3) is 66.1 Å². The highest BCUT2D eigenvalue weighted by Crippen LogP contribution is 2.59. The molecule has 0 radical (unpaired) electrons. The van der Waals surface area contributed by atoms with Crippen LogP contribution >= 0.6 is 0 Å². The molecule has 9 aromatic carbocycles. The van der Waals surface area contributed by atoms with Crippen molar-refractivity contribution in [1.29, 1.82) is 0 Å².